The number of benzene rings is 2. The molecule has 1 heterocycles. The highest BCUT2D eigenvalue weighted by atomic mass is 16.5. The molecule has 0 spiro atoms. The monoisotopic (exact) mass is 432 g/mol. The third kappa shape index (κ3) is 4.19. The van der Waals surface area contributed by atoms with Crippen LogP contribution in [0, 0.1) is 25.7 Å². The van der Waals surface area contributed by atoms with Crippen LogP contribution in [0.2, 0.25) is 0 Å². The van der Waals surface area contributed by atoms with Crippen molar-refractivity contribution in [3.63, 3.8) is 0 Å². The van der Waals surface area contributed by atoms with Gasteiger partial charge in [0.05, 0.1) is 23.1 Å². The fraction of sp³-hybridized carbons (Fsp3) is 0.280. The van der Waals surface area contributed by atoms with E-state index in [1.54, 1.807) is 18.2 Å². The summed E-state index contributed by atoms with van der Waals surface area (Å²) in [6, 6.07) is 11.6. The molecule has 32 heavy (non-hydrogen) atoms. The summed E-state index contributed by atoms with van der Waals surface area (Å²) in [4.78, 5) is 50.9. The zero-order chi connectivity index (χ0) is 22.8. The summed E-state index contributed by atoms with van der Waals surface area (Å²) in [7, 11) is 0. The number of nitrogens with zero attached hydrogens (tertiary/aromatic N) is 1. The van der Waals surface area contributed by atoms with Gasteiger partial charge in [-0.05, 0) is 74.2 Å². The first-order chi connectivity index (χ1) is 15.3. The van der Waals surface area contributed by atoms with Gasteiger partial charge in [-0.25, -0.2) is 4.79 Å². The van der Waals surface area contributed by atoms with Gasteiger partial charge >= 0.3 is 5.97 Å². The molecule has 1 fully saturated rings. The molecule has 0 saturated carbocycles. The lowest BCUT2D eigenvalue weighted by Crippen LogP contribution is -2.30. The van der Waals surface area contributed by atoms with E-state index in [-0.39, 0.29) is 29.2 Å². The Balaban J connectivity index is 1.35. The van der Waals surface area contributed by atoms with Crippen molar-refractivity contribution in [2.45, 2.75) is 26.7 Å². The van der Waals surface area contributed by atoms with Crippen LogP contribution in [0.3, 0.4) is 0 Å². The molecule has 7 heteroatoms. The van der Waals surface area contributed by atoms with Gasteiger partial charge in [0.15, 0.2) is 6.61 Å². The molecular weight excluding hydrogens is 408 g/mol. The van der Waals surface area contributed by atoms with Gasteiger partial charge in [0.2, 0.25) is 11.8 Å². The molecular formula is C25H24N2O5. The summed E-state index contributed by atoms with van der Waals surface area (Å²) in [6.07, 6.45) is 5.01. The number of carbonyl (C=O) groups is 4. The molecule has 0 radical (unpaired) electrons. The van der Waals surface area contributed by atoms with Crippen molar-refractivity contribution >= 4 is 35.1 Å². The van der Waals surface area contributed by atoms with Gasteiger partial charge in [-0.3, -0.25) is 19.3 Å². The molecule has 0 bridgehead atoms. The van der Waals surface area contributed by atoms with E-state index in [4.69, 9.17) is 4.74 Å². The van der Waals surface area contributed by atoms with Crippen LogP contribution in [0.5, 0.6) is 0 Å². The second kappa shape index (κ2) is 8.78. The molecule has 7 nitrogen and oxygen atoms in total. The van der Waals surface area contributed by atoms with Crippen LogP contribution in [0.1, 0.15) is 34.3 Å². The number of imide groups is 1. The van der Waals surface area contributed by atoms with Gasteiger partial charge < -0.3 is 10.1 Å². The number of ether oxygens (including phenoxy) is 1. The summed E-state index contributed by atoms with van der Waals surface area (Å²) in [5, 5.41) is 2.69. The zero-order valence-electron chi connectivity index (χ0n) is 18.0. The van der Waals surface area contributed by atoms with Crippen molar-refractivity contribution in [3.8, 4) is 0 Å². The number of allylic oxidation sites excluding steroid dienone is 2. The average molecular weight is 432 g/mol. The maximum Gasteiger partial charge on any atom is 0.338 e. The Morgan fingerprint density at radius 3 is 2.16 bits per heavy atom. The minimum absolute atomic E-state index is 0.206. The molecule has 0 aromatic heterocycles. The second-order valence-corrected chi connectivity index (χ2v) is 8.14. The Morgan fingerprint density at radius 1 is 0.938 bits per heavy atom. The van der Waals surface area contributed by atoms with E-state index in [1.165, 1.54) is 17.0 Å². The van der Waals surface area contributed by atoms with Crippen LogP contribution >= 0.6 is 0 Å². The van der Waals surface area contributed by atoms with E-state index in [9.17, 15) is 19.2 Å². The summed E-state index contributed by atoms with van der Waals surface area (Å²) in [6.45, 7) is 3.50. The molecule has 2 atom stereocenters. The number of fused-ring (bicyclic) bond motifs is 1. The number of anilines is 2. The molecule has 1 N–H and O–H groups in total. The number of amides is 3. The number of rotatable bonds is 5. The van der Waals surface area contributed by atoms with Gasteiger partial charge in [-0.15, -0.1) is 0 Å². The van der Waals surface area contributed by atoms with Gasteiger partial charge in [-0.2, -0.15) is 0 Å². The minimum atomic E-state index is -0.663. The van der Waals surface area contributed by atoms with E-state index >= 15 is 0 Å². The van der Waals surface area contributed by atoms with Crippen LogP contribution in [0.4, 0.5) is 11.4 Å². The topological polar surface area (TPSA) is 92.8 Å². The predicted octanol–water partition coefficient (Wildman–Crippen LogP) is 3.55. The second-order valence-electron chi connectivity index (χ2n) is 8.14. The van der Waals surface area contributed by atoms with Gasteiger partial charge in [-0.1, -0.05) is 18.2 Å². The maximum absolute atomic E-state index is 12.7. The molecule has 0 unspecified atom stereocenters. The van der Waals surface area contributed by atoms with Crippen molar-refractivity contribution in [1.29, 1.82) is 0 Å². The van der Waals surface area contributed by atoms with Gasteiger partial charge in [0.1, 0.15) is 0 Å². The molecule has 4 rings (SSSR count). The predicted molar refractivity (Wildman–Crippen MR) is 119 cm³/mol. The van der Waals surface area contributed by atoms with E-state index in [0.717, 1.165) is 11.1 Å². The summed E-state index contributed by atoms with van der Waals surface area (Å²) in [5.41, 5.74) is 3.45. The molecule has 3 amide bonds. The molecule has 164 valence electrons. The number of nitrogens with one attached hydrogen (secondary N) is 1. The summed E-state index contributed by atoms with van der Waals surface area (Å²) in [5.74, 6) is -2.14. The summed E-state index contributed by atoms with van der Waals surface area (Å²) >= 11 is 0. The fourth-order valence-corrected chi connectivity index (χ4v) is 4.03. The van der Waals surface area contributed by atoms with E-state index in [2.05, 4.69) is 5.32 Å². The van der Waals surface area contributed by atoms with E-state index < -0.39 is 18.5 Å². The lowest BCUT2D eigenvalue weighted by Gasteiger charge is -2.15. The Bertz CT molecular complexity index is 1090. The highest BCUT2D eigenvalue weighted by molar-refractivity contribution is 6.22. The summed E-state index contributed by atoms with van der Waals surface area (Å²) < 4.78 is 5.09. The zero-order valence-corrected chi connectivity index (χ0v) is 18.0. The van der Waals surface area contributed by atoms with Crippen LogP contribution in [0.15, 0.2) is 54.6 Å². The Labute approximate surface area is 186 Å². The fourth-order valence-electron chi connectivity index (χ4n) is 4.03. The number of hydrogen-bond acceptors (Lipinski definition) is 5. The lowest BCUT2D eigenvalue weighted by molar-refractivity contribution is -0.122. The van der Waals surface area contributed by atoms with Crippen molar-refractivity contribution < 1.29 is 23.9 Å². The molecule has 2 aromatic carbocycles. The van der Waals surface area contributed by atoms with Crippen molar-refractivity contribution in [2.75, 3.05) is 16.8 Å². The number of hydrogen-bond donors (Lipinski definition) is 1. The Kier molecular flexibility index (Phi) is 5.90. The molecule has 1 aliphatic carbocycles. The van der Waals surface area contributed by atoms with Crippen LogP contribution in [-0.4, -0.2) is 30.3 Å². The first kappa shape index (κ1) is 21.5. The molecule has 2 aliphatic rings. The van der Waals surface area contributed by atoms with Crippen molar-refractivity contribution in [2.24, 2.45) is 11.8 Å². The van der Waals surface area contributed by atoms with Crippen LogP contribution in [-0.2, 0) is 19.1 Å². The smallest absolute Gasteiger partial charge is 0.338 e. The van der Waals surface area contributed by atoms with Crippen molar-refractivity contribution in [3.05, 3.63) is 71.3 Å². The van der Waals surface area contributed by atoms with Gasteiger partial charge in [0, 0.05) is 5.69 Å². The Hall–Kier alpha value is -3.74. The SMILES string of the molecule is Cc1ccc(NC(=O)COC(=O)c2ccc(N3C(=O)[C@@H]4CC=CC[C@H]4C3=O)cc2)cc1C. The standard InChI is InChI=1S/C25H24N2O5/c1-15-7-10-18(13-16(15)2)26-22(28)14-32-25(31)17-8-11-19(12-9-17)27-23(29)20-5-3-4-6-21(20)24(27)30/h3-4,7-13,20-21H,5-6,14H2,1-2H3,(H,26,28)/t20-,21-/m1/s1. The number of aryl methyl sites for hydroxylation is 2. The maximum atomic E-state index is 12.7. The Morgan fingerprint density at radius 2 is 1.56 bits per heavy atom. The number of esters is 1. The number of carbonyl (C=O) groups excluding carboxylic acids is 4. The average Bonchev–Trinajstić information content (AvgIpc) is 3.05. The largest absolute Gasteiger partial charge is 0.452 e. The quantitative estimate of drug-likeness (QED) is 0.443. The van der Waals surface area contributed by atoms with E-state index in [1.807, 2.05) is 38.1 Å². The molecule has 1 aliphatic heterocycles. The third-order valence-corrected chi connectivity index (χ3v) is 5.99. The van der Waals surface area contributed by atoms with Crippen LogP contribution in [0.25, 0.3) is 0 Å². The molecule has 2 aromatic rings. The minimum Gasteiger partial charge on any atom is -0.452 e. The highest BCUT2D eigenvalue weighted by Gasteiger charge is 2.47. The molecule has 1 saturated heterocycles. The highest BCUT2D eigenvalue weighted by Crippen LogP contribution is 2.37. The third-order valence-electron chi connectivity index (χ3n) is 5.99. The first-order valence-corrected chi connectivity index (χ1v) is 10.5. The van der Waals surface area contributed by atoms with E-state index in [0.29, 0.717) is 24.2 Å². The normalized spacial score (nSPS) is 19.6. The van der Waals surface area contributed by atoms with Crippen molar-refractivity contribution in [1.82, 2.24) is 0 Å². The lowest BCUT2D eigenvalue weighted by atomic mass is 9.85. The van der Waals surface area contributed by atoms with Gasteiger partial charge in [0.25, 0.3) is 5.91 Å². The van der Waals surface area contributed by atoms with Crippen LogP contribution < -0.4 is 10.2 Å². The first-order valence-electron chi connectivity index (χ1n) is 10.5.